The van der Waals surface area contributed by atoms with Crippen LogP contribution in [-0.2, 0) is 19.0 Å². The summed E-state index contributed by atoms with van der Waals surface area (Å²) in [6.45, 7) is 6.59. The quantitative estimate of drug-likeness (QED) is 0.404. The van der Waals surface area contributed by atoms with Crippen molar-refractivity contribution in [2.45, 2.75) is 58.2 Å². The summed E-state index contributed by atoms with van der Waals surface area (Å²) in [6.07, 6.45) is 4.59. The number of benzene rings is 1. The molecule has 0 amide bonds. The molecule has 6 heteroatoms. The van der Waals surface area contributed by atoms with Crippen LogP contribution in [0, 0.1) is 17.2 Å². The first-order valence-corrected chi connectivity index (χ1v) is 10.3. The van der Waals surface area contributed by atoms with Crippen LogP contribution in [0.3, 0.4) is 0 Å². The third-order valence-electron chi connectivity index (χ3n) is 6.48. The Morgan fingerprint density at radius 1 is 1.38 bits per heavy atom. The number of halogens is 1. The zero-order valence-electron chi connectivity index (χ0n) is 17.7. The molecule has 1 N–H and O–H groups in total. The van der Waals surface area contributed by atoms with E-state index in [-0.39, 0.29) is 17.6 Å². The standard InChI is InChI=1S/C23H31FO5/c1-5-28-21(26)23-11-10-15(7-6-12-27-4)17(14-23)20(29-22(23,2)3)16-8-9-19(25)18(24)13-16/h8-10,13,17,20,25H,5-7,11-12,14H2,1-4H3. The number of hydrogen-bond donors (Lipinski definition) is 1. The van der Waals surface area contributed by atoms with Crippen molar-refractivity contribution in [1.82, 2.24) is 0 Å². The highest BCUT2D eigenvalue weighted by Gasteiger charge is 2.60. The molecule has 3 atom stereocenters. The number of carbonyl (C=O) groups is 1. The fourth-order valence-corrected chi connectivity index (χ4v) is 4.74. The molecule has 5 nitrogen and oxygen atoms in total. The Morgan fingerprint density at radius 3 is 2.79 bits per heavy atom. The van der Waals surface area contributed by atoms with Crippen molar-refractivity contribution in [3.8, 4) is 5.75 Å². The topological polar surface area (TPSA) is 65.0 Å². The van der Waals surface area contributed by atoms with Crippen LogP contribution in [0.15, 0.2) is 29.8 Å². The molecule has 1 aliphatic heterocycles. The van der Waals surface area contributed by atoms with Gasteiger partial charge in [-0.05, 0) is 64.2 Å². The largest absolute Gasteiger partial charge is 0.505 e. The lowest BCUT2D eigenvalue weighted by Crippen LogP contribution is -2.58. The maximum Gasteiger partial charge on any atom is 0.315 e. The first-order valence-electron chi connectivity index (χ1n) is 10.3. The Balaban J connectivity index is 2.01. The van der Waals surface area contributed by atoms with Gasteiger partial charge in [0.15, 0.2) is 11.6 Å². The van der Waals surface area contributed by atoms with Crippen LogP contribution in [-0.4, -0.2) is 37.0 Å². The van der Waals surface area contributed by atoms with E-state index in [1.165, 1.54) is 17.7 Å². The lowest BCUT2D eigenvalue weighted by molar-refractivity contribution is -0.225. The van der Waals surface area contributed by atoms with Crippen molar-refractivity contribution < 1.29 is 28.5 Å². The molecule has 3 unspecified atom stereocenters. The summed E-state index contributed by atoms with van der Waals surface area (Å²) in [5, 5.41) is 9.59. The molecule has 2 bridgehead atoms. The predicted octanol–water partition coefficient (Wildman–Crippen LogP) is 4.69. The molecule has 0 spiro atoms. The van der Waals surface area contributed by atoms with E-state index < -0.39 is 22.9 Å². The van der Waals surface area contributed by atoms with Crippen LogP contribution >= 0.6 is 0 Å². The molecule has 0 saturated carbocycles. The molecule has 1 heterocycles. The molecule has 0 aromatic heterocycles. The van der Waals surface area contributed by atoms with Gasteiger partial charge in [0.2, 0.25) is 0 Å². The predicted molar refractivity (Wildman–Crippen MR) is 107 cm³/mol. The Kier molecular flexibility index (Phi) is 6.34. The first-order chi connectivity index (χ1) is 13.8. The van der Waals surface area contributed by atoms with E-state index in [0.717, 1.165) is 12.8 Å². The summed E-state index contributed by atoms with van der Waals surface area (Å²) in [5.74, 6) is -1.37. The second-order valence-electron chi connectivity index (χ2n) is 8.45. The Bertz CT molecular complexity index is 787. The van der Waals surface area contributed by atoms with Gasteiger partial charge in [0.1, 0.15) is 5.41 Å². The average molecular weight is 406 g/mol. The number of hydrogen-bond acceptors (Lipinski definition) is 5. The number of esters is 1. The van der Waals surface area contributed by atoms with Gasteiger partial charge < -0.3 is 19.3 Å². The Hall–Kier alpha value is -1.92. The minimum absolute atomic E-state index is 0.0676. The highest BCUT2D eigenvalue weighted by Crippen LogP contribution is 2.59. The lowest BCUT2D eigenvalue weighted by atomic mass is 9.58. The van der Waals surface area contributed by atoms with Crippen molar-refractivity contribution in [3.05, 3.63) is 41.2 Å². The summed E-state index contributed by atoms with van der Waals surface area (Å²) in [6, 6.07) is 4.37. The summed E-state index contributed by atoms with van der Waals surface area (Å²) in [7, 11) is 1.68. The summed E-state index contributed by atoms with van der Waals surface area (Å²) >= 11 is 0. The third kappa shape index (κ3) is 3.92. The summed E-state index contributed by atoms with van der Waals surface area (Å²) in [4.78, 5) is 13.0. The van der Waals surface area contributed by atoms with E-state index in [9.17, 15) is 14.3 Å². The van der Waals surface area contributed by atoms with Gasteiger partial charge >= 0.3 is 5.97 Å². The van der Waals surface area contributed by atoms with E-state index >= 15 is 0 Å². The maximum atomic E-state index is 14.1. The molecule has 1 saturated heterocycles. The van der Waals surface area contributed by atoms with Gasteiger partial charge in [0.25, 0.3) is 0 Å². The van der Waals surface area contributed by atoms with E-state index in [2.05, 4.69) is 6.08 Å². The van der Waals surface area contributed by atoms with Crippen molar-refractivity contribution in [2.75, 3.05) is 20.3 Å². The van der Waals surface area contributed by atoms with Crippen molar-refractivity contribution in [1.29, 1.82) is 0 Å². The average Bonchev–Trinajstić information content (AvgIpc) is 2.68. The van der Waals surface area contributed by atoms with Crippen LogP contribution in [0.4, 0.5) is 4.39 Å². The van der Waals surface area contributed by atoms with Crippen molar-refractivity contribution in [3.63, 3.8) is 0 Å². The van der Waals surface area contributed by atoms with Gasteiger partial charge in [-0.15, -0.1) is 0 Å². The molecular formula is C23H31FO5. The maximum absolute atomic E-state index is 14.1. The molecule has 1 aliphatic carbocycles. The molecule has 1 fully saturated rings. The Labute approximate surface area is 171 Å². The number of allylic oxidation sites excluding steroid dienone is 1. The SMILES string of the molecule is CCOC(=O)C12CC=C(CCCOC)C(C1)C(c1ccc(O)c(F)c1)OC2(C)C. The number of aromatic hydroxyl groups is 1. The normalized spacial score (nSPS) is 28.0. The molecule has 0 radical (unpaired) electrons. The van der Waals surface area contributed by atoms with Crippen LogP contribution in [0.2, 0.25) is 0 Å². The smallest absolute Gasteiger partial charge is 0.315 e. The molecule has 3 rings (SSSR count). The zero-order valence-corrected chi connectivity index (χ0v) is 17.7. The molecule has 2 aliphatic rings. The van der Waals surface area contributed by atoms with Crippen LogP contribution in [0.5, 0.6) is 5.75 Å². The Morgan fingerprint density at radius 2 is 2.14 bits per heavy atom. The summed E-state index contributed by atoms with van der Waals surface area (Å²) in [5.41, 5.74) is 0.305. The van der Waals surface area contributed by atoms with E-state index in [4.69, 9.17) is 14.2 Å². The zero-order chi connectivity index (χ0) is 21.2. The molecule has 1 aromatic rings. The van der Waals surface area contributed by atoms with Gasteiger partial charge in [-0.1, -0.05) is 17.7 Å². The number of ether oxygens (including phenoxy) is 3. The van der Waals surface area contributed by atoms with Gasteiger partial charge in [-0.2, -0.15) is 0 Å². The third-order valence-corrected chi connectivity index (χ3v) is 6.48. The second-order valence-corrected chi connectivity index (χ2v) is 8.45. The molecular weight excluding hydrogens is 375 g/mol. The monoisotopic (exact) mass is 406 g/mol. The van der Waals surface area contributed by atoms with Crippen molar-refractivity contribution in [2.24, 2.45) is 11.3 Å². The first kappa shape index (κ1) is 21.8. The number of phenols is 1. The highest BCUT2D eigenvalue weighted by molar-refractivity contribution is 5.79. The molecule has 160 valence electrons. The van der Waals surface area contributed by atoms with Gasteiger partial charge in [0.05, 0.1) is 18.3 Å². The van der Waals surface area contributed by atoms with Crippen molar-refractivity contribution >= 4 is 5.97 Å². The van der Waals surface area contributed by atoms with Gasteiger partial charge in [-0.25, -0.2) is 4.39 Å². The fourth-order valence-electron chi connectivity index (χ4n) is 4.74. The summed E-state index contributed by atoms with van der Waals surface area (Å²) < 4.78 is 31.2. The lowest BCUT2D eigenvalue weighted by Gasteiger charge is -2.55. The van der Waals surface area contributed by atoms with Gasteiger partial charge in [-0.3, -0.25) is 4.79 Å². The molecule has 29 heavy (non-hydrogen) atoms. The van der Waals surface area contributed by atoms with Crippen LogP contribution in [0.25, 0.3) is 0 Å². The number of methoxy groups -OCH3 is 1. The number of rotatable bonds is 7. The van der Waals surface area contributed by atoms with Crippen LogP contribution < -0.4 is 0 Å². The van der Waals surface area contributed by atoms with Crippen LogP contribution in [0.1, 0.15) is 58.1 Å². The van der Waals surface area contributed by atoms with E-state index in [0.29, 0.717) is 31.6 Å². The van der Waals surface area contributed by atoms with E-state index in [1.54, 1.807) is 20.1 Å². The molecule has 1 aromatic carbocycles. The highest BCUT2D eigenvalue weighted by atomic mass is 19.1. The van der Waals surface area contributed by atoms with E-state index in [1.807, 2.05) is 13.8 Å². The number of fused-ring (bicyclic) bond motifs is 2. The number of phenolic OH excluding ortho intramolecular Hbond substituents is 1. The fraction of sp³-hybridized carbons (Fsp3) is 0.609. The number of carbonyl (C=O) groups excluding carboxylic acids is 1. The van der Waals surface area contributed by atoms with Gasteiger partial charge in [0, 0.05) is 19.6 Å². The minimum Gasteiger partial charge on any atom is -0.505 e. The second kappa shape index (κ2) is 8.44. The minimum atomic E-state index is -0.788.